The van der Waals surface area contributed by atoms with Crippen molar-refractivity contribution in [3.05, 3.63) is 0 Å². The van der Waals surface area contributed by atoms with Crippen LogP contribution in [0, 0.1) is 5.92 Å². The molecule has 1 rings (SSSR count). The average molecular weight is 173 g/mol. The highest BCUT2D eigenvalue weighted by Crippen LogP contribution is 2.35. The van der Waals surface area contributed by atoms with Crippen LogP contribution in [0.25, 0.3) is 0 Å². The molecule has 3 heteroatoms. The third-order valence-corrected chi connectivity index (χ3v) is 3.50. The van der Waals surface area contributed by atoms with E-state index in [0.717, 1.165) is 5.04 Å². The Morgan fingerprint density at radius 1 is 1.64 bits per heavy atom. The zero-order valence-corrected chi connectivity index (χ0v) is 8.27. The molecular formula is C8H15NOS. The van der Waals surface area contributed by atoms with Crippen molar-refractivity contribution in [2.45, 2.75) is 38.7 Å². The zero-order valence-electron chi connectivity index (χ0n) is 7.46. The van der Waals surface area contributed by atoms with Gasteiger partial charge in [0.15, 0.2) is 5.72 Å². The van der Waals surface area contributed by atoms with Gasteiger partial charge in [0.25, 0.3) is 0 Å². The standard InChI is InChI=1S/C8H15NOS/c1-5(2)7-9-8(4,10)6(3)11-7/h5-6,10H,1-4H3. The van der Waals surface area contributed by atoms with Gasteiger partial charge in [-0.1, -0.05) is 13.8 Å². The van der Waals surface area contributed by atoms with Gasteiger partial charge in [0, 0.05) is 5.92 Å². The van der Waals surface area contributed by atoms with Gasteiger partial charge in [0.1, 0.15) is 0 Å². The summed E-state index contributed by atoms with van der Waals surface area (Å²) in [6, 6.07) is 0. The Balaban J connectivity index is 2.76. The minimum absolute atomic E-state index is 0.194. The SMILES string of the molecule is CC(C)C1=NC(C)(O)C(C)S1. The summed E-state index contributed by atoms with van der Waals surface area (Å²) in [4.78, 5) is 4.24. The van der Waals surface area contributed by atoms with E-state index in [-0.39, 0.29) is 5.25 Å². The molecule has 2 nitrogen and oxygen atoms in total. The number of rotatable bonds is 1. The Bertz CT molecular complexity index is 187. The normalized spacial score (nSPS) is 38.0. The van der Waals surface area contributed by atoms with Gasteiger partial charge < -0.3 is 5.11 Å². The molecule has 0 aromatic rings. The second-order valence-electron chi connectivity index (χ2n) is 3.46. The van der Waals surface area contributed by atoms with E-state index in [4.69, 9.17) is 0 Å². The van der Waals surface area contributed by atoms with E-state index < -0.39 is 5.72 Å². The molecule has 1 aliphatic heterocycles. The maximum atomic E-state index is 9.67. The summed E-state index contributed by atoms with van der Waals surface area (Å²) in [7, 11) is 0. The van der Waals surface area contributed by atoms with Crippen LogP contribution in [0.5, 0.6) is 0 Å². The van der Waals surface area contributed by atoms with Crippen LogP contribution in [-0.2, 0) is 0 Å². The third-order valence-electron chi connectivity index (χ3n) is 1.90. The fourth-order valence-corrected chi connectivity index (χ4v) is 2.05. The summed E-state index contributed by atoms with van der Waals surface area (Å²) in [6.45, 7) is 7.96. The molecular weight excluding hydrogens is 158 g/mol. The summed E-state index contributed by atoms with van der Waals surface area (Å²) in [5, 5.41) is 10.9. The average Bonchev–Trinajstić information content (AvgIpc) is 2.08. The van der Waals surface area contributed by atoms with E-state index in [1.54, 1.807) is 18.7 Å². The topological polar surface area (TPSA) is 32.6 Å². The first-order valence-corrected chi connectivity index (χ1v) is 4.80. The number of hydrogen-bond donors (Lipinski definition) is 1. The summed E-state index contributed by atoms with van der Waals surface area (Å²) in [5.41, 5.74) is -0.843. The van der Waals surface area contributed by atoms with Crippen LogP contribution in [0.2, 0.25) is 0 Å². The van der Waals surface area contributed by atoms with Crippen LogP contribution in [0.1, 0.15) is 27.7 Å². The molecule has 0 bridgehead atoms. The zero-order chi connectivity index (χ0) is 8.65. The molecule has 0 aromatic heterocycles. The number of aliphatic imine (C=N–C) groups is 1. The lowest BCUT2D eigenvalue weighted by atomic mass is 10.2. The van der Waals surface area contributed by atoms with E-state index >= 15 is 0 Å². The molecule has 0 aliphatic carbocycles. The quantitative estimate of drug-likeness (QED) is 0.656. The molecule has 0 amide bonds. The van der Waals surface area contributed by atoms with Crippen molar-refractivity contribution < 1.29 is 5.11 Å². The molecule has 0 saturated heterocycles. The molecule has 1 aliphatic rings. The van der Waals surface area contributed by atoms with Gasteiger partial charge in [0.2, 0.25) is 0 Å². The molecule has 1 N–H and O–H groups in total. The fraction of sp³-hybridized carbons (Fsp3) is 0.875. The predicted octanol–water partition coefficient (Wildman–Crippen LogP) is 1.88. The Hall–Kier alpha value is -0.0200. The van der Waals surface area contributed by atoms with Crippen molar-refractivity contribution in [2.75, 3.05) is 0 Å². The predicted molar refractivity (Wildman–Crippen MR) is 49.9 cm³/mol. The van der Waals surface area contributed by atoms with Crippen LogP contribution >= 0.6 is 11.8 Å². The first-order chi connectivity index (χ1) is 4.93. The Labute approximate surface area is 72.1 Å². The van der Waals surface area contributed by atoms with Crippen LogP contribution in [0.15, 0.2) is 4.99 Å². The summed E-state index contributed by atoms with van der Waals surface area (Å²) in [6.07, 6.45) is 0. The van der Waals surface area contributed by atoms with E-state index in [1.165, 1.54) is 0 Å². The van der Waals surface area contributed by atoms with E-state index in [2.05, 4.69) is 18.8 Å². The van der Waals surface area contributed by atoms with Gasteiger partial charge in [-0.3, -0.25) is 0 Å². The first-order valence-electron chi connectivity index (χ1n) is 3.92. The molecule has 64 valence electrons. The largest absolute Gasteiger partial charge is 0.368 e. The lowest BCUT2D eigenvalue weighted by Crippen LogP contribution is -2.28. The van der Waals surface area contributed by atoms with Gasteiger partial charge in [-0.15, -0.1) is 11.8 Å². The Morgan fingerprint density at radius 3 is 2.36 bits per heavy atom. The van der Waals surface area contributed by atoms with Crippen molar-refractivity contribution >= 4 is 16.8 Å². The smallest absolute Gasteiger partial charge is 0.165 e. The summed E-state index contributed by atoms with van der Waals surface area (Å²) in [5.74, 6) is 0.441. The van der Waals surface area contributed by atoms with Gasteiger partial charge in [-0.2, -0.15) is 0 Å². The molecule has 0 spiro atoms. The highest BCUT2D eigenvalue weighted by molar-refractivity contribution is 8.14. The van der Waals surface area contributed by atoms with Crippen LogP contribution in [0.4, 0.5) is 0 Å². The van der Waals surface area contributed by atoms with Crippen molar-refractivity contribution in [3.8, 4) is 0 Å². The molecule has 0 saturated carbocycles. The van der Waals surface area contributed by atoms with E-state index in [0.29, 0.717) is 5.92 Å². The number of aliphatic hydroxyl groups is 1. The second kappa shape index (κ2) is 2.79. The Morgan fingerprint density at radius 2 is 2.18 bits per heavy atom. The lowest BCUT2D eigenvalue weighted by Gasteiger charge is -2.17. The third kappa shape index (κ3) is 1.76. The summed E-state index contributed by atoms with van der Waals surface area (Å²) >= 11 is 1.68. The van der Waals surface area contributed by atoms with Crippen molar-refractivity contribution in [1.29, 1.82) is 0 Å². The summed E-state index contributed by atoms with van der Waals surface area (Å²) < 4.78 is 0. The van der Waals surface area contributed by atoms with Crippen LogP contribution in [0.3, 0.4) is 0 Å². The molecule has 2 atom stereocenters. The molecule has 0 aromatic carbocycles. The van der Waals surface area contributed by atoms with Crippen molar-refractivity contribution in [1.82, 2.24) is 0 Å². The molecule has 2 unspecified atom stereocenters. The van der Waals surface area contributed by atoms with Gasteiger partial charge in [0.05, 0.1) is 10.3 Å². The van der Waals surface area contributed by atoms with Crippen LogP contribution < -0.4 is 0 Å². The van der Waals surface area contributed by atoms with E-state index in [9.17, 15) is 5.11 Å². The monoisotopic (exact) mass is 173 g/mol. The maximum Gasteiger partial charge on any atom is 0.165 e. The lowest BCUT2D eigenvalue weighted by molar-refractivity contribution is 0.0749. The van der Waals surface area contributed by atoms with E-state index in [1.807, 2.05) is 6.92 Å². The number of nitrogens with zero attached hydrogens (tertiary/aromatic N) is 1. The highest BCUT2D eigenvalue weighted by atomic mass is 32.2. The fourth-order valence-electron chi connectivity index (χ4n) is 0.898. The first kappa shape index (κ1) is 9.07. The maximum absolute atomic E-state index is 9.67. The number of hydrogen-bond acceptors (Lipinski definition) is 3. The van der Waals surface area contributed by atoms with Gasteiger partial charge in [-0.25, -0.2) is 4.99 Å². The van der Waals surface area contributed by atoms with Crippen LogP contribution in [-0.4, -0.2) is 21.1 Å². The molecule has 0 fully saturated rings. The molecule has 0 radical (unpaired) electrons. The van der Waals surface area contributed by atoms with Gasteiger partial charge >= 0.3 is 0 Å². The highest BCUT2D eigenvalue weighted by Gasteiger charge is 2.36. The van der Waals surface area contributed by atoms with Crippen molar-refractivity contribution in [2.24, 2.45) is 10.9 Å². The van der Waals surface area contributed by atoms with Gasteiger partial charge in [-0.05, 0) is 13.8 Å². The molecule has 11 heavy (non-hydrogen) atoms. The minimum Gasteiger partial charge on any atom is -0.368 e. The number of thioether (sulfide) groups is 1. The second-order valence-corrected chi connectivity index (χ2v) is 4.82. The van der Waals surface area contributed by atoms with Crippen molar-refractivity contribution in [3.63, 3.8) is 0 Å². The Kier molecular flexibility index (Phi) is 2.30. The molecule has 1 heterocycles. The minimum atomic E-state index is -0.843.